The molecule has 0 spiro atoms. The number of hydrogen-bond acceptors (Lipinski definition) is 3. The smallest absolute Gasteiger partial charge is 0.123 e. The number of aromatic nitrogens is 2. The summed E-state index contributed by atoms with van der Waals surface area (Å²) in [4.78, 5) is 0. The van der Waals surface area contributed by atoms with Crippen molar-refractivity contribution in [1.82, 2.24) is 9.78 Å². The van der Waals surface area contributed by atoms with Gasteiger partial charge in [-0.3, -0.25) is 4.68 Å². The van der Waals surface area contributed by atoms with Gasteiger partial charge in [-0.05, 0) is 38.3 Å². The molecule has 0 fully saturated rings. The van der Waals surface area contributed by atoms with Crippen molar-refractivity contribution in [3.8, 4) is 5.75 Å². The highest BCUT2D eigenvalue weighted by Gasteiger charge is 2.15. The lowest BCUT2D eigenvalue weighted by atomic mass is 10.0. The number of para-hydroxylation sites is 1. The van der Waals surface area contributed by atoms with Crippen LogP contribution in [0.1, 0.15) is 35.9 Å². The van der Waals surface area contributed by atoms with Gasteiger partial charge < -0.3 is 10.5 Å². The number of benzene rings is 1. The summed E-state index contributed by atoms with van der Waals surface area (Å²) in [5, 5.41) is 4.67. The molecular weight excluding hydrogens is 262 g/mol. The molecule has 2 aromatic rings. The molecule has 0 aliphatic heterocycles. The lowest BCUT2D eigenvalue weighted by molar-refractivity contribution is 0.407. The van der Waals surface area contributed by atoms with Crippen molar-refractivity contribution in [3.63, 3.8) is 0 Å². The number of nitrogens with zero attached hydrogens (tertiary/aromatic N) is 2. The zero-order valence-corrected chi connectivity index (χ0v) is 13.4. The van der Waals surface area contributed by atoms with Gasteiger partial charge in [0.25, 0.3) is 0 Å². The lowest BCUT2D eigenvalue weighted by Gasteiger charge is -2.11. The largest absolute Gasteiger partial charge is 0.496 e. The maximum Gasteiger partial charge on any atom is 0.123 e. The van der Waals surface area contributed by atoms with Gasteiger partial charge in [0.1, 0.15) is 5.75 Å². The second-order valence-corrected chi connectivity index (χ2v) is 5.49. The molecule has 0 saturated heterocycles. The lowest BCUT2D eigenvalue weighted by Crippen LogP contribution is -2.22. The van der Waals surface area contributed by atoms with Crippen LogP contribution in [0, 0.1) is 13.8 Å². The maximum absolute atomic E-state index is 6.09. The summed E-state index contributed by atoms with van der Waals surface area (Å²) >= 11 is 0. The van der Waals surface area contributed by atoms with E-state index in [-0.39, 0.29) is 6.04 Å². The molecule has 1 aromatic carbocycles. The quantitative estimate of drug-likeness (QED) is 0.889. The van der Waals surface area contributed by atoms with Crippen LogP contribution in [0.3, 0.4) is 0 Å². The van der Waals surface area contributed by atoms with E-state index in [0.717, 1.165) is 36.4 Å². The van der Waals surface area contributed by atoms with Gasteiger partial charge in [-0.15, -0.1) is 0 Å². The average molecular weight is 287 g/mol. The minimum atomic E-state index is 0.200. The molecule has 4 nitrogen and oxygen atoms in total. The van der Waals surface area contributed by atoms with Crippen LogP contribution in [0.2, 0.25) is 0 Å². The van der Waals surface area contributed by atoms with Crippen LogP contribution < -0.4 is 10.5 Å². The Labute approximate surface area is 126 Å². The molecule has 2 rings (SSSR count). The predicted octanol–water partition coefficient (Wildman–Crippen LogP) is 2.84. The van der Waals surface area contributed by atoms with E-state index in [1.54, 1.807) is 7.11 Å². The van der Waals surface area contributed by atoms with Crippen LogP contribution >= 0.6 is 0 Å². The molecule has 0 amide bonds. The molecule has 1 unspecified atom stereocenters. The molecule has 0 saturated carbocycles. The van der Waals surface area contributed by atoms with E-state index < -0.39 is 0 Å². The molecule has 0 bridgehead atoms. The van der Waals surface area contributed by atoms with E-state index in [2.05, 4.69) is 31.9 Å². The standard InChI is InChI=1S/C17H25N3O/c1-5-15(18)10-16-12(2)19-20(13(16)3)11-14-8-6-7-9-17(14)21-4/h6-9,15H,5,10-11,18H2,1-4H3. The molecule has 21 heavy (non-hydrogen) atoms. The van der Waals surface area contributed by atoms with Crippen molar-refractivity contribution in [2.45, 2.75) is 46.2 Å². The van der Waals surface area contributed by atoms with E-state index in [0.29, 0.717) is 0 Å². The highest BCUT2D eigenvalue weighted by molar-refractivity contribution is 5.34. The molecule has 1 aromatic heterocycles. The first-order valence-electron chi connectivity index (χ1n) is 7.47. The van der Waals surface area contributed by atoms with Crippen LogP contribution in [0.4, 0.5) is 0 Å². The topological polar surface area (TPSA) is 53.1 Å². The highest BCUT2D eigenvalue weighted by atomic mass is 16.5. The predicted molar refractivity (Wildman–Crippen MR) is 85.8 cm³/mol. The van der Waals surface area contributed by atoms with Gasteiger partial charge in [0, 0.05) is 17.3 Å². The summed E-state index contributed by atoms with van der Waals surface area (Å²) < 4.78 is 7.46. The number of nitrogens with two attached hydrogens (primary N) is 1. The third-order valence-electron chi connectivity index (χ3n) is 4.03. The summed E-state index contributed by atoms with van der Waals surface area (Å²) in [5.74, 6) is 0.900. The number of ether oxygens (including phenoxy) is 1. The first kappa shape index (κ1) is 15.6. The number of methoxy groups -OCH3 is 1. The Kier molecular flexibility index (Phi) is 5.02. The van der Waals surface area contributed by atoms with Crippen molar-refractivity contribution in [2.24, 2.45) is 5.73 Å². The molecule has 0 aliphatic carbocycles. The van der Waals surface area contributed by atoms with Crippen molar-refractivity contribution in [2.75, 3.05) is 7.11 Å². The van der Waals surface area contributed by atoms with Crippen molar-refractivity contribution >= 4 is 0 Å². The summed E-state index contributed by atoms with van der Waals surface area (Å²) in [7, 11) is 1.70. The maximum atomic E-state index is 6.09. The van der Waals surface area contributed by atoms with E-state index in [4.69, 9.17) is 10.5 Å². The molecular formula is C17H25N3O. The average Bonchev–Trinajstić information content (AvgIpc) is 2.75. The molecule has 0 aliphatic rings. The minimum absolute atomic E-state index is 0.200. The van der Waals surface area contributed by atoms with Crippen LogP contribution in [-0.2, 0) is 13.0 Å². The molecule has 2 N–H and O–H groups in total. The van der Waals surface area contributed by atoms with Gasteiger partial charge in [-0.1, -0.05) is 25.1 Å². The van der Waals surface area contributed by atoms with Crippen molar-refractivity contribution in [3.05, 3.63) is 46.8 Å². The van der Waals surface area contributed by atoms with Gasteiger partial charge >= 0.3 is 0 Å². The van der Waals surface area contributed by atoms with Crippen molar-refractivity contribution in [1.29, 1.82) is 0 Å². The first-order valence-corrected chi connectivity index (χ1v) is 7.47. The normalized spacial score (nSPS) is 12.4. The first-order chi connectivity index (χ1) is 10.1. The Morgan fingerprint density at radius 1 is 1.29 bits per heavy atom. The third-order valence-corrected chi connectivity index (χ3v) is 4.03. The fourth-order valence-electron chi connectivity index (χ4n) is 2.58. The van der Waals surface area contributed by atoms with E-state index in [1.165, 1.54) is 11.3 Å². The molecule has 4 heteroatoms. The van der Waals surface area contributed by atoms with E-state index in [9.17, 15) is 0 Å². The second kappa shape index (κ2) is 6.76. The van der Waals surface area contributed by atoms with Crippen LogP contribution in [0.5, 0.6) is 5.75 Å². The van der Waals surface area contributed by atoms with Gasteiger partial charge in [0.05, 0.1) is 19.3 Å². The molecule has 1 atom stereocenters. The molecule has 1 heterocycles. The van der Waals surface area contributed by atoms with Crippen LogP contribution in [0.15, 0.2) is 24.3 Å². The summed E-state index contributed by atoms with van der Waals surface area (Å²) in [6.45, 7) is 7.02. The van der Waals surface area contributed by atoms with Crippen LogP contribution in [0.25, 0.3) is 0 Å². The minimum Gasteiger partial charge on any atom is -0.496 e. The number of hydrogen-bond donors (Lipinski definition) is 1. The molecule has 0 radical (unpaired) electrons. The van der Waals surface area contributed by atoms with Gasteiger partial charge in [-0.2, -0.15) is 5.10 Å². The van der Waals surface area contributed by atoms with Gasteiger partial charge in [0.15, 0.2) is 0 Å². The number of rotatable bonds is 6. The Morgan fingerprint density at radius 2 is 2.00 bits per heavy atom. The summed E-state index contributed by atoms with van der Waals surface area (Å²) in [6.07, 6.45) is 1.87. The van der Waals surface area contributed by atoms with Gasteiger partial charge in [-0.25, -0.2) is 0 Å². The van der Waals surface area contributed by atoms with E-state index in [1.807, 2.05) is 22.9 Å². The van der Waals surface area contributed by atoms with Crippen molar-refractivity contribution < 1.29 is 4.74 Å². The third kappa shape index (κ3) is 3.45. The second-order valence-electron chi connectivity index (χ2n) is 5.49. The molecule has 114 valence electrons. The highest BCUT2D eigenvalue weighted by Crippen LogP contribution is 2.21. The Hall–Kier alpha value is -1.81. The number of aryl methyl sites for hydroxylation is 1. The SMILES string of the molecule is CCC(N)Cc1c(C)nn(Cc2ccccc2OC)c1C. The Balaban J connectivity index is 2.27. The monoisotopic (exact) mass is 287 g/mol. The Bertz CT molecular complexity index is 604. The van der Waals surface area contributed by atoms with E-state index >= 15 is 0 Å². The summed E-state index contributed by atoms with van der Waals surface area (Å²) in [5.41, 5.74) is 10.8. The van der Waals surface area contributed by atoms with Gasteiger partial charge in [0.2, 0.25) is 0 Å². The fourth-order valence-corrected chi connectivity index (χ4v) is 2.58. The van der Waals surface area contributed by atoms with Crippen LogP contribution in [-0.4, -0.2) is 22.9 Å². The fraction of sp³-hybridized carbons (Fsp3) is 0.471. The zero-order valence-electron chi connectivity index (χ0n) is 13.4. The zero-order chi connectivity index (χ0) is 15.4. The summed E-state index contributed by atoms with van der Waals surface area (Å²) in [6, 6.07) is 8.26. The Morgan fingerprint density at radius 3 is 2.67 bits per heavy atom.